The van der Waals surface area contributed by atoms with E-state index in [9.17, 15) is 14.4 Å². The maximum Gasteiger partial charge on any atom is 0.412 e. The van der Waals surface area contributed by atoms with Gasteiger partial charge in [-0.3, -0.25) is 14.9 Å². The number of amides is 3. The Morgan fingerprint density at radius 3 is 2.18 bits per heavy atom. The van der Waals surface area contributed by atoms with E-state index in [0.29, 0.717) is 30.6 Å². The van der Waals surface area contributed by atoms with Crippen molar-refractivity contribution in [3.8, 4) is 0 Å². The number of ether oxygens (including phenoxy) is 1. The molecule has 7 heteroatoms. The fraction of sp³-hybridized carbons (Fsp3) is 0.571. The fourth-order valence-corrected chi connectivity index (χ4v) is 3.31. The van der Waals surface area contributed by atoms with Gasteiger partial charge in [0, 0.05) is 17.8 Å². The lowest BCUT2D eigenvalue weighted by Gasteiger charge is -2.36. The highest BCUT2D eigenvalue weighted by molar-refractivity contribution is 5.99. The molecule has 0 atom stereocenters. The summed E-state index contributed by atoms with van der Waals surface area (Å²) < 4.78 is 5.21. The molecule has 0 aromatic heterocycles. The third kappa shape index (κ3) is 5.97. The predicted octanol–water partition coefficient (Wildman–Crippen LogP) is 3.60. The maximum atomic E-state index is 12.7. The summed E-state index contributed by atoms with van der Waals surface area (Å²) in [6.07, 6.45) is 3.63. The second kappa shape index (κ2) is 9.08. The Bertz CT molecular complexity index is 701. The normalized spacial score (nSPS) is 16.0. The Labute approximate surface area is 166 Å². The van der Waals surface area contributed by atoms with Gasteiger partial charge in [0.25, 0.3) is 5.91 Å². The molecule has 2 rings (SSSR count). The highest BCUT2D eigenvalue weighted by atomic mass is 16.6. The smallest absolute Gasteiger partial charge is 0.412 e. The third-order valence-corrected chi connectivity index (χ3v) is 4.62. The Morgan fingerprint density at radius 1 is 1.04 bits per heavy atom. The molecule has 0 heterocycles. The first kappa shape index (κ1) is 21.7. The van der Waals surface area contributed by atoms with E-state index in [2.05, 4.69) is 16.0 Å². The Kier molecular flexibility index (Phi) is 7.05. The minimum atomic E-state index is -0.848. The Balaban J connectivity index is 2.05. The summed E-state index contributed by atoms with van der Waals surface area (Å²) in [7, 11) is 0. The SMILES string of the molecule is CCNC(=O)C1(NC(=O)c2ccc(NC(=O)OC(C)(C)C)cc2)CCCCC1. The van der Waals surface area contributed by atoms with Gasteiger partial charge in [-0.15, -0.1) is 0 Å². The second-order valence-corrected chi connectivity index (χ2v) is 8.16. The number of carbonyl (C=O) groups is 3. The standard InChI is InChI=1S/C21H31N3O4/c1-5-22-18(26)21(13-7-6-8-14-21)24-17(25)15-9-11-16(12-10-15)23-19(27)28-20(2,3)4/h9-12H,5-8,13-14H2,1-4H3,(H,22,26)(H,23,27)(H,24,25). The van der Waals surface area contributed by atoms with Crippen LogP contribution in [0.4, 0.5) is 10.5 Å². The van der Waals surface area contributed by atoms with Crippen molar-refractivity contribution in [2.75, 3.05) is 11.9 Å². The molecule has 3 amide bonds. The molecule has 1 aliphatic carbocycles. The number of carbonyl (C=O) groups excluding carboxylic acids is 3. The van der Waals surface area contributed by atoms with Crippen molar-refractivity contribution in [3.05, 3.63) is 29.8 Å². The highest BCUT2D eigenvalue weighted by Gasteiger charge is 2.40. The van der Waals surface area contributed by atoms with Gasteiger partial charge in [-0.2, -0.15) is 0 Å². The van der Waals surface area contributed by atoms with Crippen LogP contribution in [0, 0.1) is 0 Å². The molecule has 1 aromatic rings. The van der Waals surface area contributed by atoms with Crippen LogP contribution in [-0.4, -0.2) is 35.6 Å². The summed E-state index contributed by atoms with van der Waals surface area (Å²) in [6, 6.07) is 6.52. The van der Waals surface area contributed by atoms with Crippen molar-refractivity contribution in [3.63, 3.8) is 0 Å². The molecule has 0 unspecified atom stereocenters. The summed E-state index contributed by atoms with van der Waals surface area (Å²) in [5.74, 6) is -0.414. The summed E-state index contributed by atoms with van der Waals surface area (Å²) in [5, 5.41) is 8.44. The molecule has 0 bridgehead atoms. The predicted molar refractivity (Wildman–Crippen MR) is 108 cm³/mol. The quantitative estimate of drug-likeness (QED) is 0.717. The maximum absolute atomic E-state index is 12.7. The minimum Gasteiger partial charge on any atom is -0.444 e. The van der Waals surface area contributed by atoms with E-state index >= 15 is 0 Å². The summed E-state index contributed by atoms with van der Waals surface area (Å²) >= 11 is 0. The van der Waals surface area contributed by atoms with E-state index < -0.39 is 17.2 Å². The van der Waals surface area contributed by atoms with E-state index in [1.165, 1.54) is 0 Å². The van der Waals surface area contributed by atoms with Gasteiger partial charge in [-0.1, -0.05) is 19.3 Å². The van der Waals surface area contributed by atoms with Crippen LogP contribution < -0.4 is 16.0 Å². The lowest BCUT2D eigenvalue weighted by Crippen LogP contribution is -2.59. The first-order valence-electron chi connectivity index (χ1n) is 9.86. The monoisotopic (exact) mass is 389 g/mol. The van der Waals surface area contributed by atoms with E-state index in [1.807, 2.05) is 6.92 Å². The zero-order valence-corrected chi connectivity index (χ0v) is 17.2. The molecule has 28 heavy (non-hydrogen) atoms. The van der Waals surface area contributed by atoms with Crippen molar-refractivity contribution in [1.29, 1.82) is 0 Å². The van der Waals surface area contributed by atoms with Gasteiger partial charge in [0.05, 0.1) is 0 Å². The number of hydrogen-bond donors (Lipinski definition) is 3. The molecule has 0 aliphatic heterocycles. The molecule has 1 aromatic carbocycles. The van der Waals surface area contributed by atoms with E-state index in [1.54, 1.807) is 45.0 Å². The number of hydrogen-bond acceptors (Lipinski definition) is 4. The van der Waals surface area contributed by atoms with Crippen LogP contribution in [0.25, 0.3) is 0 Å². The average molecular weight is 389 g/mol. The topological polar surface area (TPSA) is 96.5 Å². The zero-order chi connectivity index (χ0) is 20.8. The van der Waals surface area contributed by atoms with Gasteiger partial charge in [0.15, 0.2) is 0 Å². The van der Waals surface area contributed by atoms with E-state index in [0.717, 1.165) is 19.3 Å². The lowest BCUT2D eigenvalue weighted by molar-refractivity contribution is -0.128. The number of likely N-dealkylation sites (N-methyl/N-ethyl adjacent to an activating group) is 1. The average Bonchev–Trinajstić information content (AvgIpc) is 2.61. The Morgan fingerprint density at radius 2 is 1.64 bits per heavy atom. The number of anilines is 1. The first-order valence-corrected chi connectivity index (χ1v) is 9.86. The number of benzene rings is 1. The third-order valence-electron chi connectivity index (χ3n) is 4.62. The first-order chi connectivity index (χ1) is 13.1. The molecule has 0 radical (unpaired) electrons. The summed E-state index contributed by atoms with van der Waals surface area (Å²) in [4.78, 5) is 37.2. The number of rotatable bonds is 5. The van der Waals surface area contributed by atoms with E-state index in [-0.39, 0.29) is 11.8 Å². The highest BCUT2D eigenvalue weighted by Crippen LogP contribution is 2.29. The van der Waals surface area contributed by atoms with Gasteiger partial charge in [0.1, 0.15) is 11.1 Å². The van der Waals surface area contributed by atoms with Gasteiger partial charge in [-0.25, -0.2) is 4.79 Å². The van der Waals surface area contributed by atoms with Crippen molar-refractivity contribution >= 4 is 23.6 Å². The molecular formula is C21H31N3O4. The van der Waals surface area contributed by atoms with Crippen LogP contribution >= 0.6 is 0 Å². The Hall–Kier alpha value is -2.57. The summed E-state index contributed by atoms with van der Waals surface area (Å²) in [5.41, 5.74) is -0.471. The minimum absolute atomic E-state index is 0.119. The van der Waals surface area contributed by atoms with Crippen LogP contribution in [0.15, 0.2) is 24.3 Å². The van der Waals surface area contributed by atoms with Gasteiger partial charge in [-0.05, 0) is 64.8 Å². The fourth-order valence-electron chi connectivity index (χ4n) is 3.31. The molecule has 154 valence electrons. The number of nitrogens with one attached hydrogen (secondary N) is 3. The van der Waals surface area contributed by atoms with Crippen LogP contribution in [-0.2, 0) is 9.53 Å². The van der Waals surface area contributed by atoms with Crippen molar-refractivity contribution in [1.82, 2.24) is 10.6 Å². The zero-order valence-electron chi connectivity index (χ0n) is 17.2. The molecular weight excluding hydrogens is 358 g/mol. The largest absolute Gasteiger partial charge is 0.444 e. The van der Waals surface area contributed by atoms with Crippen LogP contribution in [0.3, 0.4) is 0 Å². The van der Waals surface area contributed by atoms with Crippen molar-refractivity contribution in [2.45, 2.75) is 70.9 Å². The molecule has 0 saturated heterocycles. The molecule has 1 aliphatic rings. The molecule has 3 N–H and O–H groups in total. The molecule has 0 spiro atoms. The van der Waals surface area contributed by atoms with Crippen molar-refractivity contribution in [2.24, 2.45) is 0 Å². The summed E-state index contributed by atoms with van der Waals surface area (Å²) in [6.45, 7) is 7.76. The van der Waals surface area contributed by atoms with Crippen LogP contribution in [0.2, 0.25) is 0 Å². The lowest BCUT2D eigenvalue weighted by atomic mass is 9.80. The molecule has 7 nitrogen and oxygen atoms in total. The second-order valence-electron chi connectivity index (χ2n) is 8.16. The van der Waals surface area contributed by atoms with Gasteiger partial charge >= 0.3 is 6.09 Å². The van der Waals surface area contributed by atoms with E-state index in [4.69, 9.17) is 4.74 Å². The van der Waals surface area contributed by atoms with Crippen LogP contribution in [0.1, 0.15) is 70.2 Å². The van der Waals surface area contributed by atoms with Crippen molar-refractivity contribution < 1.29 is 19.1 Å². The van der Waals surface area contributed by atoms with Gasteiger partial charge in [0.2, 0.25) is 5.91 Å². The van der Waals surface area contributed by atoms with Gasteiger partial charge < -0.3 is 15.4 Å². The molecule has 1 saturated carbocycles. The molecule has 1 fully saturated rings. The van der Waals surface area contributed by atoms with Crippen LogP contribution in [0.5, 0.6) is 0 Å².